The zero-order valence-corrected chi connectivity index (χ0v) is 16.7. The summed E-state index contributed by atoms with van der Waals surface area (Å²) in [6.45, 7) is 2.47. The smallest absolute Gasteiger partial charge is 0.547 e. The van der Waals surface area contributed by atoms with E-state index in [-0.39, 0.29) is 29.6 Å². The molecule has 0 aromatic heterocycles. The number of rotatable bonds is 11. The minimum absolute atomic E-state index is 0. The van der Waals surface area contributed by atoms with Crippen molar-refractivity contribution >= 4 is 5.97 Å². The van der Waals surface area contributed by atoms with Gasteiger partial charge in [-0.15, -0.1) is 0 Å². The van der Waals surface area contributed by atoms with E-state index in [2.05, 4.69) is 6.92 Å². The van der Waals surface area contributed by atoms with Crippen molar-refractivity contribution in [2.45, 2.75) is 89.0 Å². The van der Waals surface area contributed by atoms with Gasteiger partial charge >= 0.3 is 29.6 Å². The van der Waals surface area contributed by atoms with E-state index in [0.717, 1.165) is 19.3 Å². The van der Waals surface area contributed by atoms with Crippen molar-refractivity contribution in [3.05, 3.63) is 0 Å². The van der Waals surface area contributed by atoms with Crippen molar-refractivity contribution in [3.63, 3.8) is 0 Å². The van der Waals surface area contributed by atoms with Crippen molar-refractivity contribution in [2.24, 2.45) is 0 Å². The third-order valence-electron chi connectivity index (χ3n) is 4.08. The van der Waals surface area contributed by atoms with Gasteiger partial charge in [-0.05, 0) is 6.42 Å². The van der Waals surface area contributed by atoms with E-state index < -0.39 is 36.7 Å². The molecular formula is C16H29NaO7. The van der Waals surface area contributed by atoms with Crippen LogP contribution in [0.1, 0.15) is 58.3 Å². The normalized spacial score (nSPS) is 29.9. The van der Waals surface area contributed by atoms with Crippen molar-refractivity contribution in [1.29, 1.82) is 0 Å². The Morgan fingerprint density at radius 2 is 1.50 bits per heavy atom. The number of carbonyl (C=O) groups is 1. The van der Waals surface area contributed by atoms with Crippen LogP contribution in [0, 0.1) is 0 Å². The molecule has 1 heterocycles. The fraction of sp³-hybridized carbons (Fsp3) is 0.938. The molecule has 1 rings (SSSR count). The number of carboxylic acids is 1. The summed E-state index contributed by atoms with van der Waals surface area (Å²) in [6.07, 6.45) is 1.15. The van der Waals surface area contributed by atoms with E-state index in [4.69, 9.17) is 9.47 Å². The van der Waals surface area contributed by atoms with E-state index in [1.807, 2.05) is 0 Å². The minimum atomic E-state index is -1.74. The number of aliphatic carboxylic acids is 1. The fourth-order valence-corrected chi connectivity index (χ4v) is 2.62. The third-order valence-corrected chi connectivity index (χ3v) is 4.08. The monoisotopic (exact) mass is 356 g/mol. The van der Waals surface area contributed by atoms with Crippen molar-refractivity contribution in [3.8, 4) is 0 Å². The Hall–Kier alpha value is 0.270. The molecule has 0 spiro atoms. The molecule has 7 nitrogen and oxygen atoms in total. The topological polar surface area (TPSA) is 119 Å². The molecule has 0 radical (unpaired) electrons. The van der Waals surface area contributed by atoms with Gasteiger partial charge in [-0.1, -0.05) is 51.9 Å². The van der Waals surface area contributed by atoms with Crippen LogP contribution in [-0.2, 0) is 14.3 Å². The van der Waals surface area contributed by atoms with Crippen LogP contribution in [0.2, 0.25) is 0 Å². The molecule has 0 aromatic carbocycles. The zero-order valence-electron chi connectivity index (χ0n) is 14.7. The Morgan fingerprint density at radius 3 is 2.04 bits per heavy atom. The molecule has 1 aliphatic heterocycles. The van der Waals surface area contributed by atoms with E-state index in [9.17, 15) is 25.2 Å². The van der Waals surface area contributed by atoms with Crippen LogP contribution >= 0.6 is 0 Å². The second kappa shape index (κ2) is 13.5. The Balaban J connectivity index is 0.00000529. The maximum Gasteiger partial charge on any atom is 1.00 e. The third kappa shape index (κ3) is 8.10. The SMILES string of the molecule is CCCCCCCCCCO[C@@H]1O[C@H](C(=O)[O-])[C@H](O)[C@H](O)[C@H]1O.[Na+]. The van der Waals surface area contributed by atoms with Crippen LogP contribution < -0.4 is 34.7 Å². The van der Waals surface area contributed by atoms with Crippen LogP contribution in [0.4, 0.5) is 0 Å². The average molecular weight is 356 g/mol. The van der Waals surface area contributed by atoms with E-state index in [0.29, 0.717) is 6.61 Å². The summed E-state index contributed by atoms with van der Waals surface area (Å²) in [5.74, 6) is -1.65. The van der Waals surface area contributed by atoms with Gasteiger partial charge in [0, 0.05) is 6.61 Å². The van der Waals surface area contributed by atoms with Crippen molar-refractivity contribution in [1.82, 2.24) is 0 Å². The number of hydrogen-bond acceptors (Lipinski definition) is 7. The predicted molar refractivity (Wildman–Crippen MR) is 80.3 cm³/mol. The van der Waals surface area contributed by atoms with Gasteiger partial charge in [-0.2, -0.15) is 0 Å². The van der Waals surface area contributed by atoms with Gasteiger partial charge in [0.25, 0.3) is 0 Å². The van der Waals surface area contributed by atoms with Crippen LogP contribution in [0.5, 0.6) is 0 Å². The number of aliphatic hydroxyl groups is 3. The van der Waals surface area contributed by atoms with Crippen LogP contribution in [0.25, 0.3) is 0 Å². The van der Waals surface area contributed by atoms with Crippen molar-refractivity contribution < 1.29 is 64.3 Å². The molecule has 0 aromatic rings. The molecule has 0 aliphatic carbocycles. The summed E-state index contributed by atoms with van der Waals surface area (Å²) in [4.78, 5) is 10.8. The van der Waals surface area contributed by atoms with Crippen LogP contribution in [0.3, 0.4) is 0 Å². The van der Waals surface area contributed by atoms with Gasteiger partial charge in [0.15, 0.2) is 6.29 Å². The van der Waals surface area contributed by atoms with E-state index in [1.165, 1.54) is 32.1 Å². The molecule has 1 saturated heterocycles. The van der Waals surface area contributed by atoms with Gasteiger partial charge in [-0.25, -0.2) is 0 Å². The fourth-order valence-electron chi connectivity index (χ4n) is 2.62. The van der Waals surface area contributed by atoms with Gasteiger partial charge in [0.1, 0.15) is 24.4 Å². The number of carboxylic acid groups (broad SMARTS) is 1. The Morgan fingerprint density at radius 1 is 0.958 bits per heavy atom. The standard InChI is InChI=1S/C16H30O7.Na/c1-2-3-4-5-6-7-8-9-10-22-16-13(19)11(17)12(18)14(23-16)15(20)21;/h11-14,16-19H,2-10H2,1H3,(H,20,21);/q;+1/p-1/t11-,12+,13+,14-,16+;/m0./s1. The molecule has 0 amide bonds. The summed E-state index contributed by atoms with van der Waals surface area (Å²) in [7, 11) is 0. The Bertz CT molecular complexity index is 342. The van der Waals surface area contributed by atoms with Crippen LogP contribution in [-0.4, -0.2) is 58.6 Å². The average Bonchev–Trinajstić information content (AvgIpc) is 2.52. The summed E-state index contributed by atoms with van der Waals surface area (Å²) < 4.78 is 10.3. The Labute approximate surface area is 165 Å². The summed E-state index contributed by atoms with van der Waals surface area (Å²) in [6, 6.07) is 0. The number of carbonyl (C=O) groups excluding carboxylic acids is 1. The first-order valence-electron chi connectivity index (χ1n) is 8.51. The largest absolute Gasteiger partial charge is 1.00 e. The second-order valence-electron chi connectivity index (χ2n) is 6.06. The first kappa shape index (κ1) is 24.3. The molecule has 136 valence electrons. The molecule has 1 fully saturated rings. The van der Waals surface area contributed by atoms with E-state index in [1.54, 1.807) is 0 Å². The number of aliphatic hydroxyl groups excluding tert-OH is 3. The zero-order chi connectivity index (χ0) is 17.2. The van der Waals surface area contributed by atoms with Gasteiger partial charge in [0.05, 0.1) is 5.97 Å². The Kier molecular flexibility index (Phi) is 13.6. The first-order valence-corrected chi connectivity index (χ1v) is 8.51. The van der Waals surface area contributed by atoms with Crippen molar-refractivity contribution in [2.75, 3.05) is 6.61 Å². The maximum absolute atomic E-state index is 10.8. The summed E-state index contributed by atoms with van der Waals surface area (Å²) in [5, 5.41) is 39.7. The number of ether oxygens (including phenoxy) is 2. The van der Waals surface area contributed by atoms with E-state index >= 15 is 0 Å². The molecule has 0 unspecified atom stereocenters. The number of unbranched alkanes of at least 4 members (excludes halogenated alkanes) is 7. The molecule has 3 N–H and O–H groups in total. The molecule has 0 saturated carbocycles. The van der Waals surface area contributed by atoms with Gasteiger partial charge in [0.2, 0.25) is 0 Å². The molecule has 0 bridgehead atoms. The number of hydrogen-bond donors (Lipinski definition) is 3. The maximum atomic E-state index is 10.8. The first-order chi connectivity index (χ1) is 11.0. The van der Waals surface area contributed by atoms with Gasteiger partial charge in [-0.3, -0.25) is 0 Å². The molecule has 24 heavy (non-hydrogen) atoms. The quantitative estimate of drug-likeness (QED) is 0.262. The summed E-state index contributed by atoms with van der Waals surface area (Å²) >= 11 is 0. The minimum Gasteiger partial charge on any atom is -0.547 e. The van der Waals surface area contributed by atoms with Gasteiger partial charge < -0.3 is 34.7 Å². The van der Waals surface area contributed by atoms with Crippen LogP contribution in [0.15, 0.2) is 0 Å². The summed E-state index contributed by atoms with van der Waals surface area (Å²) in [5.41, 5.74) is 0. The molecular weight excluding hydrogens is 327 g/mol. The predicted octanol–water partition coefficient (Wildman–Crippen LogP) is -3.29. The molecule has 8 heteroatoms. The second-order valence-corrected chi connectivity index (χ2v) is 6.06. The molecule has 1 aliphatic rings. The molecule has 5 atom stereocenters.